The van der Waals surface area contributed by atoms with Crippen molar-refractivity contribution in [2.24, 2.45) is 0 Å². The number of carbonyl (C=O) groups is 2. The Balaban J connectivity index is 2.52. The quantitative estimate of drug-likeness (QED) is 0.818. The first-order chi connectivity index (χ1) is 9.32. The van der Waals surface area contributed by atoms with Crippen LogP contribution in [0.1, 0.15) is 25.3 Å². The fourth-order valence-corrected chi connectivity index (χ4v) is 1.42. The standard InChI is InChI=1S/C13H15F3N2O2/c1-2-7-17-11(19)8-12(20)18-10-5-3-9(4-6-10)13(14,15)16/h3-6H,2,7-8H2,1H3,(H,17,19)(H,18,20). The molecule has 20 heavy (non-hydrogen) atoms. The molecule has 2 N–H and O–H groups in total. The maximum Gasteiger partial charge on any atom is 0.416 e. The number of alkyl halides is 3. The summed E-state index contributed by atoms with van der Waals surface area (Å²) in [5, 5.41) is 4.89. The average Bonchev–Trinajstić information content (AvgIpc) is 2.35. The van der Waals surface area contributed by atoms with Gasteiger partial charge in [-0.1, -0.05) is 6.92 Å². The van der Waals surface area contributed by atoms with Gasteiger partial charge in [-0.05, 0) is 30.7 Å². The number of hydrogen-bond donors (Lipinski definition) is 2. The molecule has 4 nitrogen and oxygen atoms in total. The average molecular weight is 288 g/mol. The first kappa shape index (κ1) is 16.0. The molecule has 0 aliphatic rings. The molecule has 0 aliphatic heterocycles. The van der Waals surface area contributed by atoms with Gasteiger partial charge in [0, 0.05) is 12.2 Å². The summed E-state index contributed by atoms with van der Waals surface area (Å²) in [5.74, 6) is -0.991. The molecule has 0 atom stereocenters. The number of hydrogen-bond acceptors (Lipinski definition) is 2. The molecule has 0 unspecified atom stereocenters. The molecule has 1 rings (SSSR count). The lowest BCUT2D eigenvalue weighted by Crippen LogP contribution is -2.28. The Kier molecular flexibility index (Phi) is 5.54. The molecule has 0 radical (unpaired) electrons. The Morgan fingerprint density at radius 3 is 2.20 bits per heavy atom. The van der Waals surface area contributed by atoms with Gasteiger partial charge in [0.25, 0.3) is 0 Å². The van der Waals surface area contributed by atoms with E-state index in [-0.39, 0.29) is 12.1 Å². The van der Waals surface area contributed by atoms with Crippen LogP contribution in [0, 0.1) is 0 Å². The van der Waals surface area contributed by atoms with Crippen molar-refractivity contribution in [1.82, 2.24) is 5.32 Å². The van der Waals surface area contributed by atoms with Gasteiger partial charge in [0.1, 0.15) is 6.42 Å². The second kappa shape index (κ2) is 6.93. The fourth-order valence-electron chi connectivity index (χ4n) is 1.42. The number of carbonyl (C=O) groups excluding carboxylic acids is 2. The third-order valence-electron chi connectivity index (χ3n) is 2.39. The van der Waals surface area contributed by atoms with Crippen LogP contribution in [0.25, 0.3) is 0 Å². The van der Waals surface area contributed by atoms with E-state index in [1.54, 1.807) is 0 Å². The molecule has 0 aromatic heterocycles. The van der Waals surface area contributed by atoms with Crippen LogP contribution in [0.5, 0.6) is 0 Å². The highest BCUT2D eigenvalue weighted by Crippen LogP contribution is 2.29. The van der Waals surface area contributed by atoms with Crippen LogP contribution >= 0.6 is 0 Å². The van der Waals surface area contributed by atoms with Crippen LogP contribution < -0.4 is 10.6 Å². The topological polar surface area (TPSA) is 58.2 Å². The summed E-state index contributed by atoms with van der Waals surface area (Å²) in [5.41, 5.74) is -0.581. The largest absolute Gasteiger partial charge is 0.416 e. The lowest BCUT2D eigenvalue weighted by atomic mass is 10.2. The summed E-state index contributed by atoms with van der Waals surface area (Å²) < 4.78 is 37.0. The van der Waals surface area contributed by atoms with Gasteiger partial charge in [-0.25, -0.2) is 0 Å². The maximum absolute atomic E-state index is 12.3. The van der Waals surface area contributed by atoms with Gasteiger partial charge in [0.15, 0.2) is 0 Å². The molecular weight excluding hydrogens is 273 g/mol. The maximum atomic E-state index is 12.3. The monoisotopic (exact) mass is 288 g/mol. The van der Waals surface area contributed by atoms with Crippen molar-refractivity contribution in [1.29, 1.82) is 0 Å². The first-order valence-corrected chi connectivity index (χ1v) is 6.06. The van der Waals surface area contributed by atoms with E-state index < -0.39 is 23.6 Å². The van der Waals surface area contributed by atoms with Crippen molar-refractivity contribution in [2.75, 3.05) is 11.9 Å². The van der Waals surface area contributed by atoms with E-state index >= 15 is 0 Å². The summed E-state index contributed by atoms with van der Waals surface area (Å²) in [6, 6.07) is 4.02. The molecule has 0 saturated carbocycles. The Morgan fingerprint density at radius 2 is 1.70 bits per heavy atom. The van der Waals surface area contributed by atoms with Crippen molar-refractivity contribution >= 4 is 17.5 Å². The molecule has 0 spiro atoms. The first-order valence-electron chi connectivity index (χ1n) is 6.06. The predicted octanol–water partition coefficient (Wildman–Crippen LogP) is 2.56. The normalized spacial score (nSPS) is 11.0. The zero-order valence-electron chi connectivity index (χ0n) is 10.9. The van der Waals surface area contributed by atoms with Crippen molar-refractivity contribution in [3.8, 4) is 0 Å². The van der Waals surface area contributed by atoms with E-state index in [9.17, 15) is 22.8 Å². The van der Waals surface area contributed by atoms with Gasteiger partial charge < -0.3 is 10.6 Å². The molecule has 1 aromatic rings. The van der Waals surface area contributed by atoms with Gasteiger partial charge >= 0.3 is 6.18 Å². The molecular formula is C13H15F3N2O2. The fraction of sp³-hybridized carbons (Fsp3) is 0.385. The Labute approximate surface area is 114 Å². The molecule has 0 aliphatic carbocycles. The lowest BCUT2D eigenvalue weighted by Gasteiger charge is -2.09. The second-order valence-electron chi connectivity index (χ2n) is 4.15. The van der Waals surface area contributed by atoms with Gasteiger partial charge in [-0.3, -0.25) is 9.59 Å². The van der Waals surface area contributed by atoms with E-state index in [1.165, 1.54) is 0 Å². The van der Waals surface area contributed by atoms with E-state index in [0.717, 1.165) is 30.7 Å². The molecule has 0 bridgehead atoms. The molecule has 7 heteroatoms. The van der Waals surface area contributed by atoms with E-state index in [1.807, 2.05) is 6.92 Å². The van der Waals surface area contributed by atoms with Gasteiger partial charge in [-0.2, -0.15) is 13.2 Å². The summed E-state index contributed by atoms with van der Waals surface area (Å²) in [4.78, 5) is 22.7. The van der Waals surface area contributed by atoms with Gasteiger partial charge in [0.05, 0.1) is 5.56 Å². The Morgan fingerprint density at radius 1 is 1.10 bits per heavy atom. The SMILES string of the molecule is CCCNC(=O)CC(=O)Nc1ccc(C(F)(F)F)cc1. The smallest absolute Gasteiger partial charge is 0.356 e. The third kappa shape index (κ3) is 5.29. The third-order valence-corrected chi connectivity index (χ3v) is 2.39. The molecule has 110 valence electrons. The molecule has 2 amide bonds. The zero-order valence-corrected chi connectivity index (χ0v) is 10.9. The predicted molar refractivity (Wildman–Crippen MR) is 68.0 cm³/mol. The Hall–Kier alpha value is -2.05. The number of nitrogens with one attached hydrogen (secondary N) is 2. The number of halogens is 3. The summed E-state index contributed by atoms with van der Waals surface area (Å²) in [6.45, 7) is 2.36. The molecule has 0 saturated heterocycles. The highest BCUT2D eigenvalue weighted by atomic mass is 19.4. The Bertz CT molecular complexity index is 469. The minimum absolute atomic E-state index is 0.214. The minimum Gasteiger partial charge on any atom is -0.356 e. The number of benzene rings is 1. The highest BCUT2D eigenvalue weighted by molar-refractivity contribution is 6.03. The lowest BCUT2D eigenvalue weighted by molar-refractivity contribution is -0.137. The van der Waals surface area contributed by atoms with Crippen molar-refractivity contribution < 1.29 is 22.8 Å². The van der Waals surface area contributed by atoms with Gasteiger partial charge in [-0.15, -0.1) is 0 Å². The van der Waals surface area contributed by atoms with E-state index in [2.05, 4.69) is 10.6 Å². The van der Waals surface area contributed by atoms with Crippen molar-refractivity contribution in [2.45, 2.75) is 25.9 Å². The van der Waals surface area contributed by atoms with Crippen LogP contribution in [-0.4, -0.2) is 18.4 Å². The van der Waals surface area contributed by atoms with Crippen LogP contribution in [0.15, 0.2) is 24.3 Å². The second-order valence-corrected chi connectivity index (χ2v) is 4.15. The van der Waals surface area contributed by atoms with Crippen molar-refractivity contribution in [3.05, 3.63) is 29.8 Å². The van der Waals surface area contributed by atoms with E-state index in [0.29, 0.717) is 6.54 Å². The van der Waals surface area contributed by atoms with E-state index in [4.69, 9.17) is 0 Å². The van der Waals surface area contributed by atoms with Crippen LogP contribution in [-0.2, 0) is 15.8 Å². The minimum atomic E-state index is -4.41. The summed E-state index contributed by atoms with van der Waals surface area (Å²) >= 11 is 0. The number of amides is 2. The van der Waals surface area contributed by atoms with Crippen LogP contribution in [0.3, 0.4) is 0 Å². The summed E-state index contributed by atoms with van der Waals surface area (Å²) in [6.07, 6.45) is -4.02. The van der Waals surface area contributed by atoms with Crippen LogP contribution in [0.4, 0.5) is 18.9 Å². The molecule has 0 fully saturated rings. The molecule has 1 aromatic carbocycles. The molecule has 0 heterocycles. The van der Waals surface area contributed by atoms with Crippen LogP contribution in [0.2, 0.25) is 0 Å². The number of anilines is 1. The highest BCUT2D eigenvalue weighted by Gasteiger charge is 2.29. The van der Waals surface area contributed by atoms with Gasteiger partial charge in [0.2, 0.25) is 11.8 Å². The summed E-state index contributed by atoms with van der Waals surface area (Å²) in [7, 11) is 0. The zero-order chi connectivity index (χ0) is 15.2. The van der Waals surface area contributed by atoms with Crippen molar-refractivity contribution in [3.63, 3.8) is 0 Å². The number of rotatable bonds is 5.